The summed E-state index contributed by atoms with van der Waals surface area (Å²) in [6, 6.07) is 7.22. The average molecular weight is 271 g/mol. The second-order valence-electron chi connectivity index (χ2n) is 6.98. The predicted octanol–water partition coefficient (Wildman–Crippen LogP) is 3.57. The van der Waals surface area contributed by atoms with Crippen molar-refractivity contribution in [2.45, 2.75) is 63.5 Å². The number of benzene rings is 1. The van der Waals surface area contributed by atoms with E-state index >= 15 is 0 Å². The summed E-state index contributed by atoms with van der Waals surface area (Å²) in [7, 11) is 0. The molecule has 108 valence electrons. The van der Waals surface area contributed by atoms with Crippen molar-refractivity contribution in [1.82, 2.24) is 5.32 Å². The molecule has 2 heterocycles. The van der Waals surface area contributed by atoms with E-state index in [4.69, 9.17) is 4.74 Å². The first-order chi connectivity index (χ1) is 9.73. The summed E-state index contributed by atoms with van der Waals surface area (Å²) >= 11 is 0. The fourth-order valence-corrected chi connectivity index (χ4v) is 5.26. The summed E-state index contributed by atoms with van der Waals surface area (Å²) in [5.41, 5.74) is 3.26. The summed E-state index contributed by atoms with van der Waals surface area (Å²) in [5.74, 6) is 1.90. The lowest BCUT2D eigenvalue weighted by Crippen LogP contribution is -2.57. The number of hydrogen-bond acceptors (Lipinski definition) is 2. The van der Waals surface area contributed by atoms with Gasteiger partial charge in [0.15, 0.2) is 0 Å². The summed E-state index contributed by atoms with van der Waals surface area (Å²) in [5, 5.41) is 3.71. The van der Waals surface area contributed by atoms with Crippen LogP contribution in [0.25, 0.3) is 0 Å². The number of rotatable bonds is 0. The molecule has 2 nitrogen and oxygen atoms in total. The highest BCUT2D eigenvalue weighted by Crippen LogP contribution is 2.56. The van der Waals surface area contributed by atoms with Crippen LogP contribution < -0.4 is 10.1 Å². The van der Waals surface area contributed by atoms with Gasteiger partial charge in [-0.3, -0.25) is 0 Å². The Bertz CT molecular complexity index is 526. The lowest BCUT2D eigenvalue weighted by Gasteiger charge is -2.47. The quantitative estimate of drug-likeness (QED) is 0.779. The third-order valence-corrected chi connectivity index (χ3v) is 6.05. The van der Waals surface area contributed by atoms with Gasteiger partial charge in [-0.05, 0) is 63.6 Å². The zero-order valence-corrected chi connectivity index (χ0v) is 12.6. The first-order valence-electron chi connectivity index (χ1n) is 8.23. The predicted molar refractivity (Wildman–Crippen MR) is 81.3 cm³/mol. The van der Waals surface area contributed by atoms with E-state index in [1.54, 1.807) is 5.56 Å². The van der Waals surface area contributed by atoms with E-state index in [-0.39, 0.29) is 5.41 Å². The van der Waals surface area contributed by atoms with Crippen molar-refractivity contribution in [3.8, 4) is 5.75 Å². The second kappa shape index (κ2) is 4.49. The minimum atomic E-state index is 0.280. The van der Waals surface area contributed by atoms with E-state index in [1.165, 1.54) is 43.4 Å². The Hall–Kier alpha value is -1.02. The van der Waals surface area contributed by atoms with Gasteiger partial charge in [-0.1, -0.05) is 18.6 Å². The molecule has 4 atom stereocenters. The number of nitrogens with one attached hydrogen (secondary N) is 1. The van der Waals surface area contributed by atoms with Crippen molar-refractivity contribution in [3.63, 3.8) is 0 Å². The molecular weight excluding hydrogens is 246 g/mol. The molecule has 1 aliphatic carbocycles. The minimum Gasteiger partial charge on any atom is -0.489 e. The highest BCUT2D eigenvalue weighted by molar-refractivity contribution is 5.51. The molecule has 1 aromatic carbocycles. The Kier molecular flexibility index (Phi) is 2.85. The molecule has 2 heteroatoms. The van der Waals surface area contributed by atoms with Gasteiger partial charge in [-0.2, -0.15) is 0 Å². The van der Waals surface area contributed by atoms with Crippen molar-refractivity contribution < 1.29 is 4.74 Å². The zero-order valence-electron chi connectivity index (χ0n) is 12.6. The number of fused-ring (bicyclic) bond motifs is 1. The van der Waals surface area contributed by atoms with Crippen LogP contribution in [0.5, 0.6) is 5.75 Å². The molecule has 2 fully saturated rings. The van der Waals surface area contributed by atoms with Crippen LogP contribution in [-0.2, 0) is 5.41 Å². The van der Waals surface area contributed by atoms with Crippen LogP contribution in [-0.4, -0.2) is 18.7 Å². The van der Waals surface area contributed by atoms with E-state index in [0.717, 1.165) is 12.5 Å². The molecule has 4 unspecified atom stereocenters. The van der Waals surface area contributed by atoms with Gasteiger partial charge < -0.3 is 10.1 Å². The average Bonchev–Trinajstić information content (AvgIpc) is 2.62. The normalized spacial score (nSPS) is 39.2. The molecule has 1 saturated carbocycles. The van der Waals surface area contributed by atoms with Crippen molar-refractivity contribution in [1.29, 1.82) is 0 Å². The SMILES string of the molecule is Cc1cccc2c1C13CCNC(C)C1CCCCC3O2. The molecule has 2 aliphatic heterocycles. The Labute approximate surface area is 121 Å². The monoisotopic (exact) mass is 271 g/mol. The molecule has 20 heavy (non-hydrogen) atoms. The smallest absolute Gasteiger partial charge is 0.123 e. The highest BCUT2D eigenvalue weighted by atomic mass is 16.5. The summed E-state index contributed by atoms with van der Waals surface area (Å²) < 4.78 is 6.45. The van der Waals surface area contributed by atoms with Crippen LogP contribution in [0.2, 0.25) is 0 Å². The molecule has 1 aromatic rings. The maximum Gasteiger partial charge on any atom is 0.123 e. The molecule has 3 aliphatic rings. The molecule has 0 aromatic heterocycles. The van der Waals surface area contributed by atoms with E-state index in [9.17, 15) is 0 Å². The van der Waals surface area contributed by atoms with Crippen molar-refractivity contribution >= 4 is 0 Å². The largest absolute Gasteiger partial charge is 0.489 e. The first-order valence-corrected chi connectivity index (χ1v) is 8.23. The highest BCUT2D eigenvalue weighted by Gasteiger charge is 2.57. The second-order valence-corrected chi connectivity index (χ2v) is 6.98. The lowest BCUT2D eigenvalue weighted by atomic mass is 9.60. The van der Waals surface area contributed by atoms with E-state index in [2.05, 4.69) is 37.4 Å². The third-order valence-electron chi connectivity index (χ3n) is 6.05. The molecule has 1 N–H and O–H groups in total. The van der Waals surface area contributed by atoms with Gasteiger partial charge in [0.25, 0.3) is 0 Å². The van der Waals surface area contributed by atoms with Gasteiger partial charge in [0.2, 0.25) is 0 Å². The number of piperidine rings is 1. The first kappa shape index (κ1) is 12.7. The van der Waals surface area contributed by atoms with Crippen LogP contribution in [0.1, 0.15) is 50.2 Å². The maximum absolute atomic E-state index is 6.45. The van der Waals surface area contributed by atoms with Crippen LogP contribution in [0.15, 0.2) is 18.2 Å². The van der Waals surface area contributed by atoms with Crippen molar-refractivity contribution in [2.75, 3.05) is 6.54 Å². The van der Waals surface area contributed by atoms with Crippen LogP contribution in [0.3, 0.4) is 0 Å². The van der Waals surface area contributed by atoms with E-state index in [1.807, 2.05) is 0 Å². The zero-order chi connectivity index (χ0) is 13.7. The van der Waals surface area contributed by atoms with E-state index in [0.29, 0.717) is 12.1 Å². The number of aryl methyl sites for hydroxylation is 1. The summed E-state index contributed by atoms with van der Waals surface area (Å²) in [4.78, 5) is 0. The molecule has 0 radical (unpaired) electrons. The van der Waals surface area contributed by atoms with Gasteiger partial charge in [0.1, 0.15) is 11.9 Å². The Morgan fingerprint density at radius 1 is 1.25 bits per heavy atom. The lowest BCUT2D eigenvalue weighted by molar-refractivity contribution is 0.0559. The van der Waals surface area contributed by atoms with Gasteiger partial charge in [-0.25, -0.2) is 0 Å². The molecule has 0 amide bonds. The molecule has 4 rings (SSSR count). The fraction of sp³-hybridized carbons (Fsp3) is 0.667. The van der Waals surface area contributed by atoms with Crippen LogP contribution in [0, 0.1) is 12.8 Å². The molecule has 1 spiro atoms. The van der Waals surface area contributed by atoms with Gasteiger partial charge in [-0.15, -0.1) is 0 Å². The fourth-order valence-electron chi connectivity index (χ4n) is 5.26. The minimum absolute atomic E-state index is 0.280. The topological polar surface area (TPSA) is 21.3 Å². The van der Waals surface area contributed by atoms with E-state index < -0.39 is 0 Å². The van der Waals surface area contributed by atoms with Crippen molar-refractivity contribution in [3.05, 3.63) is 29.3 Å². The Morgan fingerprint density at radius 2 is 2.10 bits per heavy atom. The van der Waals surface area contributed by atoms with Gasteiger partial charge >= 0.3 is 0 Å². The van der Waals surface area contributed by atoms with Crippen molar-refractivity contribution in [2.24, 2.45) is 5.92 Å². The van der Waals surface area contributed by atoms with Crippen LogP contribution in [0.4, 0.5) is 0 Å². The Morgan fingerprint density at radius 3 is 3.00 bits per heavy atom. The Balaban J connectivity index is 1.92. The summed E-state index contributed by atoms with van der Waals surface area (Å²) in [6.45, 7) is 5.78. The standard InChI is InChI=1S/C18H25NO/c1-12-6-5-8-15-17(12)18-10-11-19-13(2)14(18)7-3-4-9-16(18)20-15/h5-6,8,13-14,16,19H,3-4,7,9-11H2,1-2H3. The third kappa shape index (κ3) is 1.54. The molecule has 0 bridgehead atoms. The van der Waals surface area contributed by atoms with Gasteiger partial charge in [0, 0.05) is 17.0 Å². The van der Waals surface area contributed by atoms with Gasteiger partial charge in [0.05, 0.1) is 0 Å². The molecular formula is C18H25NO. The summed E-state index contributed by atoms with van der Waals surface area (Å²) in [6.07, 6.45) is 6.92. The maximum atomic E-state index is 6.45. The number of hydrogen-bond donors (Lipinski definition) is 1. The van der Waals surface area contributed by atoms with Crippen LogP contribution >= 0.6 is 0 Å². The number of ether oxygens (including phenoxy) is 1. The molecule has 1 saturated heterocycles.